The van der Waals surface area contributed by atoms with Crippen molar-refractivity contribution >= 4 is 6.03 Å². The molecule has 5 heteroatoms. The Morgan fingerprint density at radius 2 is 2.28 bits per heavy atom. The average Bonchev–Trinajstić information content (AvgIpc) is 2.71. The van der Waals surface area contributed by atoms with E-state index in [1.807, 2.05) is 20.8 Å². The van der Waals surface area contributed by atoms with Crippen molar-refractivity contribution < 1.29 is 14.6 Å². The highest BCUT2D eigenvalue weighted by atomic mass is 16.5. The fourth-order valence-electron chi connectivity index (χ4n) is 2.22. The molecule has 0 saturated carbocycles. The van der Waals surface area contributed by atoms with Gasteiger partial charge >= 0.3 is 6.03 Å². The molecule has 1 saturated heterocycles. The molecule has 0 aromatic carbocycles. The molecular weight excluding hydrogens is 232 g/mol. The Kier molecular flexibility index (Phi) is 5.88. The van der Waals surface area contributed by atoms with Crippen LogP contribution in [0.4, 0.5) is 4.79 Å². The first kappa shape index (κ1) is 15.2. The van der Waals surface area contributed by atoms with E-state index in [1.165, 1.54) is 0 Å². The van der Waals surface area contributed by atoms with Gasteiger partial charge in [0.2, 0.25) is 0 Å². The molecule has 0 unspecified atom stereocenters. The molecule has 1 aliphatic heterocycles. The minimum absolute atomic E-state index is 0.0247. The van der Waals surface area contributed by atoms with Gasteiger partial charge in [-0.3, -0.25) is 0 Å². The monoisotopic (exact) mass is 258 g/mol. The van der Waals surface area contributed by atoms with Crippen LogP contribution in [0.15, 0.2) is 0 Å². The third-order valence-electron chi connectivity index (χ3n) is 3.38. The van der Waals surface area contributed by atoms with Crippen LogP contribution in [-0.4, -0.2) is 54.0 Å². The minimum Gasteiger partial charge on any atom is -0.394 e. The zero-order valence-electron chi connectivity index (χ0n) is 11.7. The molecule has 2 amide bonds. The Balaban J connectivity index is 2.24. The van der Waals surface area contributed by atoms with Crippen LogP contribution in [0.2, 0.25) is 0 Å². The second-order valence-electron chi connectivity index (χ2n) is 5.42. The van der Waals surface area contributed by atoms with E-state index in [-0.39, 0.29) is 18.7 Å². The molecule has 0 aliphatic carbocycles. The van der Waals surface area contributed by atoms with E-state index in [2.05, 4.69) is 5.32 Å². The van der Waals surface area contributed by atoms with E-state index in [1.54, 1.807) is 4.90 Å². The maximum Gasteiger partial charge on any atom is 0.317 e. The summed E-state index contributed by atoms with van der Waals surface area (Å²) in [7, 11) is 0. The molecule has 1 fully saturated rings. The van der Waals surface area contributed by atoms with E-state index in [0.29, 0.717) is 13.2 Å². The highest BCUT2D eigenvalue weighted by Crippen LogP contribution is 2.28. The molecule has 0 bridgehead atoms. The SMILES string of the molecule is CC(C)OCCCNC(=O)N1CCC[C@]1(C)CO. The summed E-state index contributed by atoms with van der Waals surface area (Å²) >= 11 is 0. The van der Waals surface area contributed by atoms with Gasteiger partial charge < -0.3 is 20.1 Å². The lowest BCUT2D eigenvalue weighted by Crippen LogP contribution is -2.51. The largest absolute Gasteiger partial charge is 0.394 e. The van der Waals surface area contributed by atoms with Gasteiger partial charge in [-0.25, -0.2) is 4.79 Å². The Morgan fingerprint density at radius 3 is 2.89 bits per heavy atom. The van der Waals surface area contributed by atoms with Crippen molar-refractivity contribution in [3.63, 3.8) is 0 Å². The second kappa shape index (κ2) is 6.95. The van der Waals surface area contributed by atoms with Crippen molar-refractivity contribution in [3.05, 3.63) is 0 Å². The topological polar surface area (TPSA) is 61.8 Å². The van der Waals surface area contributed by atoms with Crippen LogP contribution < -0.4 is 5.32 Å². The predicted molar refractivity (Wildman–Crippen MR) is 70.5 cm³/mol. The van der Waals surface area contributed by atoms with Crippen molar-refractivity contribution in [2.75, 3.05) is 26.3 Å². The summed E-state index contributed by atoms with van der Waals surface area (Å²) in [4.78, 5) is 13.7. The Hall–Kier alpha value is -0.810. The fraction of sp³-hybridized carbons (Fsp3) is 0.923. The number of aliphatic hydroxyl groups is 1. The number of carbonyl (C=O) groups excluding carboxylic acids is 1. The van der Waals surface area contributed by atoms with Gasteiger partial charge in [0.15, 0.2) is 0 Å². The molecule has 0 spiro atoms. The average molecular weight is 258 g/mol. The van der Waals surface area contributed by atoms with E-state index in [4.69, 9.17) is 4.74 Å². The van der Waals surface area contributed by atoms with Crippen molar-refractivity contribution in [2.24, 2.45) is 0 Å². The van der Waals surface area contributed by atoms with Crippen molar-refractivity contribution in [2.45, 2.75) is 51.7 Å². The standard InChI is InChI=1S/C13H26N2O3/c1-11(2)18-9-5-7-14-12(17)15-8-4-6-13(15,3)10-16/h11,16H,4-10H2,1-3H3,(H,14,17)/t13-/m1/s1. The quantitative estimate of drug-likeness (QED) is 0.707. The molecule has 1 rings (SSSR count). The zero-order valence-corrected chi connectivity index (χ0v) is 11.7. The lowest BCUT2D eigenvalue weighted by molar-refractivity contribution is 0.0757. The highest BCUT2D eigenvalue weighted by Gasteiger charge is 2.38. The minimum atomic E-state index is -0.390. The number of hydrogen-bond acceptors (Lipinski definition) is 3. The van der Waals surface area contributed by atoms with E-state index < -0.39 is 5.54 Å². The molecule has 1 aliphatic rings. The summed E-state index contributed by atoms with van der Waals surface area (Å²) in [5.74, 6) is 0. The molecular formula is C13H26N2O3. The van der Waals surface area contributed by atoms with Gasteiger partial charge in [0.05, 0.1) is 18.2 Å². The second-order valence-corrected chi connectivity index (χ2v) is 5.42. The molecule has 0 radical (unpaired) electrons. The van der Waals surface area contributed by atoms with Gasteiger partial charge in [-0.05, 0) is 40.0 Å². The molecule has 2 N–H and O–H groups in total. The summed E-state index contributed by atoms with van der Waals surface area (Å²) in [6.07, 6.45) is 2.87. The lowest BCUT2D eigenvalue weighted by atomic mass is 10.0. The van der Waals surface area contributed by atoms with Crippen molar-refractivity contribution in [3.8, 4) is 0 Å². The summed E-state index contributed by atoms with van der Waals surface area (Å²) in [5, 5.41) is 12.3. The van der Waals surface area contributed by atoms with Crippen molar-refractivity contribution in [1.82, 2.24) is 10.2 Å². The van der Waals surface area contributed by atoms with Crippen LogP contribution in [0.5, 0.6) is 0 Å². The van der Waals surface area contributed by atoms with Crippen molar-refractivity contribution in [1.29, 1.82) is 0 Å². The Bertz CT molecular complexity index is 271. The van der Waals surface area contributed by atoms with Gasteiger partial charge in [0.1, 0.15) is 0 Å². The predicted octanol–water partition coefficient (Wildman–Crippen LogP) is 1.36. The first-order chi connectivity index (χ1) is 8.49. The maximum absolute atomic E-state index is 12.0. The Morgan fingerprint density at radius 1 is 1.56 bits per heavy atom. The number of hydrogen-bond donors (Lipinski definition) is 2. The maximum atomic E-state index is 12.0. The zero-order chi connectivity index (χ0) is 13.6. The van der Waals surface area contributed by atoms with E-state index in [0.717, 1.165) is 25.8 Å². The molecule has 1 heterocycles. The van der Waals surface area contributed by atoms with E-state index >= 15 is 0 Å². The number of rotatable bonds is 6. The van der Waals surface area contributed by atoms with Crippen LogP contribution in [0.3, 0.4) is 0 Å². The van der Waals surface area contributed by atoms with Gasteiger partial charge in [-0.1, -0.05) is 0 Å². The third-order valence-corrected chi connectivity index (χ3v) is 3.38. The lowest BCUT2D eigenvalue weighted by Gasteiger charge is -2.33. The summed E-state index contributed by atoms with van der Waals surface area (Å²) < 4.78 is 5.41. The smallest absolute Gasteiger partial charge is 0.317 e. The number of nitrogens with zero attached hydrogens (tertiary/aromatic N) is 1. The molecule has 5 nitrogen and oxygen atoms in total. The van der Waals surface area contributed by atoms with Crippen LogP contribution in [0.1, 0.15) is 40.0 Å². The Labute approximate surface area is 109 Å². The fourth-order valence-corrected chi connectivity index (χ4v) is 2.22. The number of nitrogens with one attached hydrogen (secondary N) is 1. The van der Waals surface area contributed by atoms with Crippen LogP contribution in [-0.2, 0) is 4.74 Å². The van der Waals surface area contributed by atoms with Gasteiger partial charge in [-0.2, -0.15) is 0 Å². The van der Waals surface area contributed by atoms with Crippen LogP contribution in [0, 0.1) is 0 Å². The number of ether oxygens (including phenoxy) is 1. The van der Waals surface area contributed by atoms with E-state index in [9.17, 15) is 9.90 Å². The summed E-state index contributed by atoms with van der Waals surface area (Å²) in [6.45, 7) is 7.95. The summed E-state index contributed by atoms with van der Waals surface area (Å²) in [6, 6.07) is -0.0754. The number of likely N-dealkylation sites (tertiary alicyclic amines) is 1. The highest BCUT2D eigenvalue weighted by molar-refractivity contribution is 5.75. The molecule has 18 heavy (non-hydrogen) atoms. The van der Waals surface area contributed by atoms with Crippen LogP contribution >= 0.6 is 0 Å². The molecule has 1 atom stereocenters. The van der Waals surface area contributed by atoms with Gasteiger partial charge in [-0.15, -0.1) is 0 Å². The first-order valence-corrected chi connectivity index (χ1v) is 6.77. The molecule has 106 valence electrons. The molecule has 0 aromatic rings. The van der Waals surface area contributed by atoms with Gasteiger partial charge in [0, 0.05) is 19.7 Å². The number of amides is 2. The number of urea groups is 1. The normalized spacial score (nSPS) is 23.7. The molecule has 0 aromatic heterocycles. The third kappa shape index (κ3) is 4.14. The number of aliphatic hydroxyl groups excluding tert-OH is 1. The number of carbonyl (C=O) groups is 1. The van der Waals surface area contributed by atoms with Crippen LogP contribution in [0.25, 0.3) is 0 Å². The first-order valence-electron chi connectivity index (χ1n) is 6.77. The van der Waals surface area contributed by atoms with Gasteiger partial charge in [0.25, 0.3) is 0 Å². The summed E-state index contributed by atoms with van der Waals surface area (Å²) in [5.41, 5.74) is -0.390.